The fraction of sp³-hybridized carbons (Fsp3) is 0.333. The van der Waals surface area contributed by atoms with E-state index in [9.17, 15) is 9.59 Å². The van der Waals surface area contributed by atoms with Crippen LogP contribution in [0.3, 0.4) is 0 Å². The van der Waals surface area contributed by atoms with E-state index < -0.39 is 5.97 Å². The van der Waals surface area contributed by atoms with Gasteiger partial charge < -0.3 is 19.1 Å². The first-order valence-electron chi connectivity index (χ1n) is 8.16. The maximum absolute atomic E-state index is 12.6. The van der Waals surface area contributed by atoms with Crippen molar-refractivity contribution in [3.05, 3.63) is 42.2 Å². The second kappa shape index (κ2) is 7.81. The first kappa shape index (κ1) is 17.7. The van der Waals surface area contributed by atoms with E-state index in [1.165, 1.54) is 26.4 Å². The van der Waals surface area contributed by atoms with E-state index in [0.29, 0.717) is 42.6 Å². The molecule has 8 heteroatoms. The topological polar surface area (TPSA) is 90.9 Å². The average molecular weight is 357 g/mol. The van der Waals surface area contributed by atoms with E-state index in [0.717, 1.165) is 0 Å². The van der Waals surface area contributed by atoms with Gasteiger partial charge in [-0.15, -0.1) is 0 Å². The lowest BCUT2D eigenvalue weighted by molar-refractivity contribution is -0.131. The predicted molar refractivity (Wildman–Crippen MR) is 91.3 cm³/mol. The lowest BCUT2D eigenvalue weighted by Crippen LogP contribution is -2.31. The quantitative estimate of drug-likeness (QED) is 0.594. The molecule has 1 unspecified atom stereocenters. The third-order valence-corrected chi connectivity index (χ3v) is 3.90. The molecule has 1 amide bonds. The highest BCUT2D eigenvalue weighted by atomic mass is 16.5. The molecule has 1 fully saturated rings. The fourth-order valence-corrected chi connectivity index (χ4v) is 2.71. The number of likely N-dealkylation sites (tertiary alicyclic amines) is 1. The van der Waals surface area contributed by atoms with Gasteiger partial charge in [0.05, 0.1) is 13.7 Å². The van der Waals surface area contributed by atoms with Gasteiger partial charge in [-0.25, -0.2) is 9.97 Å². The summed E-state index contributed by atoms with van der Waals surface area (Å²) in [6.45, 7) is 2.36. The molecule has 1 aliphatic heterocycles. The van der Waals surface area contributed by atoms with Crippen LogP contribution in [0.2, 0.25) is 0 Å². The van der Waals surface area contributed by atoms with Crippen molar-refractivity contribution in [3.8, 4) is 17.5 Å². The molecule has 0 bridgehead atoms. The van der Waals surface area contributed by atoms with Crippen molar-refractivity contribution in [2.45, 2.75) is 19.4 Å². The smallest absolute Gasteiger partial charge is 0.308 e. The van der Waals surface area contributed by atoms with Gasteiger partial charge in [0.1, 0.15) is 11.9 Å². The van der Waals surface area contributed by atoms with Crippen molar-refractivity contribution < 1.29 is 23.8 Å². The Hall–Kier alpha value is -3.16. The molecule has 1 aliphatic rings. The summed E-state index contributed by atoms with van der Waals surface area (Å²) in [5.41, 5.74) is 0.527. The highest BCUT2D eigenvalue weighted by molar-refractivity contribution is 5.94. The lowest BCUT2D eigenvalue weighted by Gasteiger charge is -2.17. The zero-order valence-electron chi connectivity index (χ0n) is 14.5. The molecular formula is C18H19N3O5. The minimum absolute atomic E-state index is 0.100. The van der Waals surface area contributed by atoms with Gasteiger partial charge in [-0.1, -0.05) is 0 Å². The molecule has 2 heterocycles. The van der Waals surface area contributed by atoms with Crippen LogP contribution in [-0.2, 0) is 4.79 Å². The summed E-state index contributed by atoms with van der Waals surface area (Å²) >= 11 is 0. The van der Waals surface area contributed by atoms with Gasteiger partial charge >= 0.3 is 5.97 Å². The Bertz CT molecular complexity index is 794. The molecular weight excluding hydrogens is 338 g/mol. The lowest BCUT2D eigenvalue weighted by atomic mass is 10.2. The molecule has 0 radical (unpaired) electrons. The van der Waals surface area contributed by atoms with Crippen molar-refractivity contribution in [3.63, 3.8) is 0 Å². The number of methoxy groups -OCH3 is 1. The number of carbonyl (C=O) groups excluding carboxylic acids is 2. The van der Waals surface area contributed by atoms with Gasteiger partial charge in [0.25, 0.3) is 17.7 Å². The molecule has 1 atom stereocenters. The Kier molecular flexibility index (Phi) is 5.31. The summed E-state index contributed by atoms with van der Waals surface area (Å²) in [6.07, 6.45) is 3.57. The van der Waals surface area contributed by atoms with Gasteiger partial charge in [-0.05, 0) is 24.3 Å². The zero-order valence-corrected chi connectivity index (χ0v) is 14.5. The van der Waals surface area contributed by atoms with E-state index >= 15 is 0 Å². The number of rotatable bonds is 5. The van der Waals surface area contributed by atoms with E-state index in [-0.39, 0.29) is 12.0 Å². The molecule has 1 saturated heterocycles. The number of carbonyl (C=O) groups is 2. The van der Waals surface area contributed by atoms with E-state index in [1.807, 2.05) is 0 Å². The molecule has 26 heavy (non-hydrogen) atoms. The number of ether oxygens (including phenoxy) is 3. The molecule has 3 rings (SSSR count). The molecule has 8 nitrogen and oxygen atoms in total. The average Bonchev–Trinajstić information content (AvgIpc) is 3.10. The maximum Gasteiger partial charge on any atom is 0.308 e. The number of hydrogen-bond acceptors (Lipinski definition) is 7. The molecule has 136 valence electrons. The summed E-state index contributed by atoms with van der Waals surface area (Å²) in [7, 11) is 1.50. The first-order chi connectivity index (χ1) is 12.6. The van der Waals surface area contributed by atoms with Crippen LogP contribution in [0.15, 0.2) is 36.7 Å². The normalized spacial score (nSPS) is 16.2. The van der Waals surface area contributed by atoms with Gasteiger partial charge in [-0.3, -0.25) is 9.59 Å². The third-order valence-electron chi connectivity index (χ3n) is 3.90. The Morgan fingerprint density at radius 1 is 1.12 bits per heavy atom. The molecule has 0 aliphatic carbocycles. The molecule has 0 saturated carbocycles. The molecule has 0 spiro atoms. The number of amides is 1. The van der Waals surface area contributed by atoms with Crippen molar-refractivity contribution in [2.75, 3.05) is 20.2 Å². The SMILES string of the molecule is COc1nccnc1OC1CCN(C(=O)c2ccc(OC(C)=O)cc2)C1. The van der Waals surface area contributed by atoms with Gasteiger partial charge in [-0.2, -0.15) is 0 Å². The van der Waals surface area contributed by atoms with Crippen LogP contribution >= 0.6 is 0 Å². The van der Waals surface area contributed by atoms with Gasteiger partial charge in [0.2, 0.25) is 0 Å². The van der Waals surface area contributed by atoms with E-state index in [1.54, 1.807) is 29.2 Å². The molecule has 1 aromatic carbocycles. The van der Waals surface area contributed by atoms with Gasteiger partial charge in [0.15, 0.2) is 0 Å². The number of aromatic nitrogens is 2. The summed E-state index contributed by atoms with van der Waals surface area (Å²) in [5, 5.41) is 0. The second-order valence-corrected chi connectivity index (χ2v) is 5.77. The van der Waals surface area contributed by atoms with Crippen molar-refractivity contribution >= 4 is 11.9 Å². The van der Waals surface area contributed by atoms with Crippen molar-refractivity contribution in [1.82, 2.24) is 14.9 Å². The number of benzene rings is 1. The van der Waals surface area contributed by atoms with Crippen LogP contribution in [0, 0.1) is 0 Å². The molecule has 2 aromatic rings. The first-order valence-corrected chi connectivity index (χ1v) is 8.16. The summed E-state index contributed by atoms with van der Waals surface area (Å²) in [4.78, 5) is 33.4. The summed E-state index contributed by atoms with van der Waals surface area (Å²) in [6, 6.07) is 6.48. The van der Waals surface area contributed by atoms with E-state index in [4.69, 9.17) is 14.2 Å². The van der Waals surface area contributed by atoms with Crippen LogP contribution in [0.1, 0.15) is 23.7 Å². The molecule has 0 N–H and O–H groups in total. The number of esters is 1. The minimum Gasteiger partial charge on any atom is -0.477 e. The second-order valence-electron chi connectivity index (χ2n) is 5.77. The largest absolute Gasteiger partial charge is 0.477 e. The highest BCUT2D eigenvalue weighted by Gasteiger charge is 2.29. The fourth-order valence-electron chi connectivity index (χ4n) is 2.71. The Morgan fingerprint density at radius 3 is 2.46 bits per heavy atom. The van der Waals surface area contributed by atoms with Crippen molar-refractivity contribution in [1.29, 1.82) is 0 Å². The van der Waals surface area contributed by atoms with Crippen LogP contribution in [0.25, 0.3) is 0 Å². The van der Waals surface area contributed by atoms with Crippen LogP contribution in [0.4, 0.5) is 0 Å². The summed E-state index contributed by atoms with van der Waals surface area (Å²) < 4.78 is 15.9. The zero-order chi connectivity index (χ0) is 18.5. The summed E-state index contributed by atoms with van der Waals surface area (Å²) in [5.74, 6) is 0.546. The Labute approximate surface area is 150 Å². The van der Waals surface area contributed by atoms with Gasteiger partial charge in [0, 0.05) is 37.8 Å². The number of hydrogen-bond donors (Lipinski definition) is 0. The van der Waals surface area contributed by atoms with Crippen LogP contribution in [0.5, 0.6) is 17.5 Å². The Morgan fingerprint density at radius 2 is 1.81 bits per heavy atom. The minimum atomic E-state index is -0.400. The highest BCUT2D eigenvalue weighted by Crippen LogP contribution is 2.24. The standard InChI is InChI=1S/C18H19N3O5/c1-12(22)25-14-5-3-13(4-6-14)18(23)21-10-7-15(11-21)26-17-16(24-2)19-8-9-20-17/h3-6,8-9,15H,7,10-11H2,1-2H3. The Balaban J connectivity index is 1.61. The monoisotopic (exact) mass is 357 g/mol. The predicted octanol–water partition coefficient (Wildman–Crippen LogP) is 1.70. The third kappa shape index (κ3) is 4.08. The van der Waals surface area contributed by atoms with Crippen molar-refractivity contribution in [2.24, 2.45) is 0 Å². The van der Waals surface area contributed by atoms with E-state index in [2.05, 4.69) is 9.97 Å². The molecule has 1 aromatic heterocycles. The van der Waals surface area contributed by atoms with Crippen LogP contribution in [-0.4, -0.2) is 53.0 Å². The maximum atomic E-state index is 12.6. The van der Waals surface area contributed by atoms with Crippen LogP contribution < -0.4 is 14.2 Å². The number of nitrogens with zero attached hydrogens (tertiary/aromatic N) is 3.